The molecule has 0 radical (unpaired) electrons. The van der Waals surface area contributed by atoms with Crippen molar-refractivity contribution in [2.24, 2.45) is 5.73 Å². The number of likely N-dealkylation sites (N-methyl/N-ethyl adjacent to an activating group) is 1. The van der Waals surface area contributed by atoms with E-state index in [1.165, 1.54) is 0 Å². The molecule has 0 spiro atoms. The van der Waals surface area contributed by atoms with E-state index in [0.29, 0.717) is 17.6 Å². The van der Waals surface area contributed by atoms with Crippen molar-refractivity contribution in [3.05, 3.63) is 22.8 Å². The summed E-state index contributed by atoms with van der Waals surface area (Å²) in [5.41, 5.74) is 6.54. The minimum atomic E-state index is 0.479. The summed E-state index contributed by atoms with van der Waals surface area (Å²) in [5.74, 6) is 0.883. The lowest BCUT2D eigenvalue weighted by Gasteiger charge is -2.21. The number of anilines is 1. The molecule has 1 unspecified atom stereocenters. The van der Waals surface area contributed by atoms with Gasteiger partial charge in [0.15, 0.2) is 0 Å². The van der Waals surface area contributed by atoms with Crippen molar-refractivity contribution in [3.8, 4) is 0 Å². The Hall–Kier alpha value is -0.840. The normalized spacial score (nSPS) is 20.3. The maximum Gasteiger partial charge on any atom is 0.147 e. The molecular formula is C12H19ClN4. The van der Waals surface area contributed by atoms with Crippen molar-refractivity contribution in [1.29, 1.82) is 0 Å². The zero-order valence-electron chi connectivity index (χ0n) is 10.4. The minimum absolute atomic E-state index is 0.479. The third-order valence-corrected chi connectivity index (χ3v) is 3.59. The molecule has 5 heteroatoms. The van der Waals surface area contributed by atoms with Crippen LogP contribution in [0.1, 0.15) is 12.0 Å². The van der Waals surface area contributed by atoms with Gasteiger partial charge in [0.25, 0.3) is 0 Å². The van der Waals surface area contributed by atoms with E-state index in [2.05, 4.69) is 28.9 Å². The van der Waals surface area contributed by atoms with Crippen LogP contribution in [0, 0.1) is 0 Å². The average molecular weight is 255 g/mol. The van der Waals surface area contributed by atoms with Gasteiger partial charge in [-0.2, -0.15) is 0 Å². The van der Waals surface area contributed by atoms with E-state index >= 15 is 0 Å². The van der Waals surface area contributed by atoms with E-state index in [1.807, 2.05) is 12.3 Å². The Morgan fingerprint density at radius 2 is 2.35 bits per heavy atom. The van der Waals surface area contributed by atoms with Crippen LogP contribution in [0.3, 0.4) is 0 Å². The number of nitrogens with two attached hydrogens (primary N) is 1. The number of halogens is 1. The topological polar surface area (TPSA) is 45.4 Å². The standard InChI is InChI=1S/C12H19ClN4/c1-16(2)10-3-4-17(8-10)12-11(13)5-9(6-14)7-15-12/h5,7,10H,3-4,6,8,14H2,1-2H3. The Morgan fingerprint density at radius 1 is 1.59 bits per heavy atom. The number of aromatic nitrogens is 1. The highest BCUT2D eigenvalue weighted by atomic mass is 35.5. The van der Waals surface area contributed by atoms with E-state index in [9.17, 15) is 0 Å². The van der Waals surface area contributed by atoms with Crippen molar-refractivity contribution < 1.29 is 0 Å². The molecule has 1 saturated heterocycles. The second-order valence-electron chi connectivity index (χ2n) is 4.71. The summed E-state index contributed by atoms with van der Waals surface area (Å²) in [6.45, 7) is 2.48. The zero-order valence-corrected chi connectivity index (χ0v) is 11.1. The molecule has 1 aromatic heterocycles. The summed E-state index contributed by atoms with van der Waals surface area (Å²) >= 11 is 6.24. The van der Waals surface area contributed by atoms with E-state index in [-0.39, 0.29) is 0 Å². The molecule has 17 heavy (non-hydrogen) atoms. The van der Waals surface area contributed by atoms with E-state index in [0.717, 1.165) is 30.9 Å². The van der Waals surface area contributed by atoms with Gasteiger partial charge in [-0.25, -0.2) is 4.98 Å². The first-order valence-electron chi connectivity index (χ1n) is 5.87. The van der Waals surface area contributed by atoms with Gasteiger partial charge in [0.1, 0.15) is 5.82 Å². The molecule has 0 amide bonds. The molecular weight excluding hydrogens is 236 g/mol. The maximum atomic E-state index is 6.24. The lowest BCUT2D eigenvalue weighted by molar-refractivity contribution is 0.315. The minimum Gasteiger partial charge on any atom is -0.354 e. The molecule has 1 atom stereocenters. The van der Waals surface area contributed by atoms with Crippen molar-refractivity contribution in [2.45, 2.75) is 19.0 Å². The van der Waals surface area contributed by atoms with Gasteiger partial charge in [0.2, 0.25) is 0 Å². The third kappa shape index (κ3) is 2.70. The van der Waals surface area contributed by atoms with Gasteiger partial charge >= 0.3 is 0 Å². The fourth-order valence-corrected chi connectivity index (χ4v) is 2.48. The Morgan fingerprint density at radius 3 is 2.88 bits per heavy atom. The van der Waals surface area contributed by atoms with Crippen LogP contribution >= 0.6 is 11.6 Å². The second kappa shape index (κ2) is 5.21. The van der Waals surface area contributed by atoms with Gasteiger partial charge in [0.05, 0.1) is 5.02 Å². The van der Waals surface area contributed by atoms with Crippen LogP contribution in [-0.2, 0) is 6.54 Å². The van der Waals surface area contributed by atoms with Crippen molar-refractivity contribution in [2.75, 3.05) is 32.1 Å². The average Bonchev–Trinajstić information content (AvgIpc) is 2.78. The van der Waals surface area contributed by atoms with Crippen molar-refractivity contribution >= 4 is 17.4 Å². The lowest BCUT2D eigenvalue weighted by Crippen LogP contribution is -2.31. The molecule has 94 valence electrons. The maximum absolute atomic E-state index is 6.24. The fraction of sp³-hybridized carbons (Fsp3) is 0.583. The number of pyridine rings is 1. The largest absolute Gasteiger partial charge is 0.354 e. The quantitative estimate of drug-likeness (QED) is 0.884. The Kier molecular flexibility index (Phi) is 3.86. The Balaban J connectivity index is 2.13. The van der Waals surface area contributed by atoms with E-state index < -0.39 is 0 Å². The van der Waals surface area contributed by atoms with Crippen LogP contribution in [0.25, 0.3) is 0 Å². The predicted molar refractivity (Wildman–Crippen MR) is 71.4 cm³/mol. The molecule has 0 aliphatic carbocycles. The highest BCUT2D eigenvalue weighted by Crippen LogP contribution is 2.27. The second-order valence-corrected chi connectivity index (χ2v) is 5.11. The molecule has 4 nitrogen and oxygen atoms in total. The summed E-state index contributed by atoms with van der Waals surface area (Å²) in [6.07, 6.45) is 2.97. The lowest BCUT2D eigenvalue weighted by atomic mass is 10.2. The molecule has 0 aromatic carbocycles. The SMILES string of the molecule is CN(C)C1CCN(c2ncc(CN)cc2Cl)C1. The van der Waals surface area contributed by atoms with Crippen LogP contribution in [0.2, 0.25) is 5.02 Å². The zero-order chi connectivity index (χ0) is 12.4. The molecule has 1 fully saturated rings. The molecule has 1 aromatic rings. The van der Waals surface area contributed by atoms with Gasteiger partial charge < -0.3 is 15.5 Å². The molecule has 1 aliphatic heterocycles. The Bertz CT molecular complexity index is 394. The summed E-state index contributed by atoms with van der Waals surface area (Å²) in [4.78, 5) is 8.92. The summed E-state index contributed by atoms with van der Waals surface area (Å²) in [6, 6.07) is 2.49. The summed E-state index contributed by atoms with van der Waals surface area (Å²) in [5, 5.41) is 0.701. The Labute approximate surface area is 107 Å². The molecule has 2 heterocycles. The van der Waals surface area contributed by atoms with Crippen LogP contribution in [0.5, 0.6) is 0 Å². The van der Waals surface area contributed by atoms with Gasteiger partial charge in [-0.15, -0.1) is 0 Å². The number of rotatable bonds is 3. The highest BCUT2D eigenvalue weighted by Gasteiger charge is 2.26. The van der Waals surface area contributed by atoms with Crippen LogP contribution in [0.15, 0.2) is 12.3 Å². The third-order valence-electron chi connectivity index (χ3n) is 3.31. The van der Waals surface area contributed by atoms with Crippen molar-refractivity contribution in [1.82, 2.24) is 9.88 Å². The van der Waals surface area contributed by atoms with Gasteiger partial charge in [-0.1, -0.05) is 11.6 Å². The first kappa shape index (κ1) is 12.6. The van der Waals surface area contributed by atoms with Gasteiger partial charge in [-0.05, 0) is 32.1 Å². The van der Waals surface area contributed by atoms with Gasteiger partial charge in [0, 0.05) is 31.9 Å². The number of hydrogen-bond acceptors (Lipinski definition) is 4. The van der Waals surface area contributed by atoms with E-state index in [1.54, 1.807) is 0 Å². The van der Waals surface area contributed by atoms with Crippen molar-refractivity contribution in [3.63, 3.8) is 0 Å². The number of nitrogens with zero attached hydrogens (tertiary/aromatic N) is 3. The highest BCUT2D eigenvalue weighted by molar-refractivity contribution is 6.33. The summed E-state index contributed by atoms with van der Waals surface area (Å²) in [7, 11) is 4.22. The van der Waals surface area contributed by atoms with Crippen LogP contribution in [0.4, 0.5) is 5.82 Å². The predicted octanol–water partition coefficient (Wildman–Crippen LogP) is 1.33. The first-order valence-corrected chi connectivity index (χ1v) is 6.25. The number of hydrogen-bond donors (Lipinski definition) is 1. The molecule has 1 aliphatic rings. The molecule has 0 saturated carbocycles. The van der Waals surface area contributed by atoms with Crippen LogP contribution in [-0.4, -0.2) is 43.1 Å². The molecule has 2 rings (SSSR count). The smallest absolute Gasteiger partial charge is 0.147 e. The van der Waals surface area contributed by atoms with Crippen LogP contribution < -0.4 is 10.6 Å². The monoisotopic (exact) mass is 254 g/mol. The molecule has 0 bridgehead atoms. The van der Waals surface area contributed by atoms with E-state index in [4.69, 9.17) is 17.3 Å². The van der Waals surface area contributed by atoms with Gasteiger partial charge in [-0.3, -0.25) is 0 Å². The summed E-state index contributed by atoms with van der Waals surface area (Å²) < 4.78 is 0. The first-order chi connectivity index (χ1) is 8.11. The molecule has 2 N–H and O–H groups in total. The fourth-order valence-electron chi connectivity index (χ4n) is 2.17.